The van der Waals surface area contributed by atoms with Crippen LogP contribution in [0.4, 0.5) is 0 Å². The molecule has 1 heterocycles. The van der Waals surface area contributed by atoms with E-state index in [0.29, 0.717) is 17.8 Å². The number of nitrogens with two attached hydrogens (primary N) is 1. The third-order valence-corrected chi connectivity index (χ3v) is 2.90. The minimum Gasteiger partial charge on any atom is -0.409 e. The van der Waals surface area contributed by atoms with Gasteiger partial charge in [-0.25, -0.2) is 4.98 Å². The van der Waals surface area contributed by atoms with E-state index in [1.165, 1.54) is 0 Å². The molecule has 0 atom stereocenters. The third-order valence-electron chi connectivity index (χ3n) is 2.90. The first-order chi connectivity index (χ1) is 10.1. The topological polar surface area (TPSA) is 101 Å². The Morgan fingerprint density at radius 2 is 2.10 bits per heavy atom. The zero-order chi connectivity index (χ0) is 15.2. The Labute approximate surface area is 122 Å². The van der Waals surface area contributed by atoms with Crippen LogP contribution in [0.2, 0.25) is 0 Å². The van der Waals surface area contributed by atoms with Crippen LogP contribution < -0.4 is 11.1 Å². The predicted octanol–water partition coefficient (Wildman–Crippen LogP) is 1.41. The summed E-state index contributed by atoms with van der Waals surface area (Å²) in [4.78, 5) is 16.1. The van der Waals surface area contributed by atoms with Crippen molar-refractivity contribution >= 4 is 11.7 Å². The number of amidine groups is 1. The van der Waals surface area contributed by atoms with E-state index in [1.807, 2.05) is 19.1 Å². The second-order valence-corrected chi connectivity index (χ2v) is 4.53. The minimum absolute atomic E-state index is 0.0310. The Morgan fingerprint density at radius 1 is 1.33 bits per heavy atom. The molecule has 0 aliphatic heterocycles. The fourth-order valence-electron chi connectivity index (χ4n) is 1.84. The number of pyridine rings is 1. The number of amides is 1. The van der Waals surface area contributed by atoms with Crippen molar-refractivity contribution in [1.29, 1.82) is 0 Å². The summed E-state index contributed by atoms with van der Waals surface area (Å²) in [6, 6.07) is 12.4. The highest BCUT2D eigenvalue weighted by Crippen LogP contribution is 2.06. The van der Waals surface area contributed by atoms with E-state index in [1.54, 1.807) is 30.3 Å². The maximum absolute atomic E-state index is 12.0. The van der Waals surface area contributed by atoms with Gasteiger partial charge < -0.3 is 16.3 Å². The summed E-state index contributed by atoms with van der Waals surface area (Å²) in [6.07, 6.45) is 0. The van der Waals surface area contributed by atoms with Gasteiger partial charge in [-0.2, -0.15) is 0 Å². The SMILES string of the molecule is Cc1cccc(C(=O)NCc2cccc(C(N)=NO)c2)n1. The normalized spacial score (nSPS) is 11.2. The van der Waals surface area contributed by atoms with E-state index in [0.717, 1.165) is 11.3 Å². The Balaban J connectivity index is 2.05. The molecular formula is C15H16N4O2. The van der Waals surface area contributed by atoms with Gasteiger partial charge in [-0.1, -0.05) is 29.4 Å². The molecule has 21 heavy (non-hydrogen) atoms. The number of nitrogens with one attached hydrogen (secondary N) is 1. The van der Waals surface area contributed by atoms with Crippen molar-refractivity contribution in [2.75, 3.05) is 0 Å². The van der Waals surface area contributed by atoms with Crippen LogP contribution in [0.1, 0.15) is 27.3 Å². The summed E-state index contributed by atoms with van der Waals surface area (Å²) < 4.78 is 0. The number of hydrogen-bond acceptors (Lipinski definition) is 4. The molecule has 1 aromatic heterocycles. The molecule has 1 amide bonds. The van der Waals surface area contributed by atoms with Crippen molar-refractivity contribution in [2.45, 2.75) is 13.5 Å². The molecule has 0 aliphatic carbocycles. The lowest BCUT2D eigenvalue weighted by Crippen LogP contribution is -2.24. The second-order valence-electron chi connectivity index (χ2n) is 4.53. The summed E-state index contributed by atoms with van der Waals surface area (Å²) in [6.45, 7) is 2.16. The van der Waals surface area contributed by atoms with Gasteiger partial charge in [0.2, 0.25) is 0 Å². The highest BCUT2D eigenvalue weighted by atomic mass is 16.4. The largest absolute Gasteiger partial charge is 0.409 e. The van der Waals surface area contributed by atoms with Gasteiger partial charge in [-0.15, -0.1) is 0 Å². The third kappa shape index (κ3) is 3.79. The molecule has 0 spiro atoms. The summed E-state index contributed by atoms with van der Waals surface area (Å²) in [7, 11) is 0. The molecule has 2 rings (SSSR count). The van der Waals surface area contributed by atoms with Crippen molar-refractivity contribution in [3.05, 3.63) is 65.0 Å². The average molecular weight is 284 g/mol. The van der Waals surface area contributed by atoms with Crippen LogP contribution in [0.3, 0.4) is 0 Å². The molecule has 4 N–H and O–H groups in total. The number of carbonyl (C=O) groups is 1. The molecule has 0 saturated heterocycles. The van der Waals surface area contributed by atoms with Crippen LogP contribution in [-0.4, -0.2) is 21.9 Å². The van der Waals surface area contributed by atoms with Gasteiger partial charge in [-0.3, -0.25) is 4.79 Å². The zero-order valence-electron chi connectivity index (χ0n) is 11.6. The van der Waals surface area contributed by atoms with Gasteiger partial charge in [0, 0.05) is 17.8 Å². The van der Waals surface area contributed by atoms with Gasteiger partial charge in [0.1, 0.15) is 5.69 Å². The molecule has 0 unspecified atom stereocenters. The van der Waals surface area contributed by atoms with Crippen LogP contribution in [0.25, 0.3) is 0 Å². The fourth-order valence-corrected chi connectivity index (χ4v) is 1.84. The van der Waals surface area contributed by atoms with E-state index >= 15 is 0 Å². The lowest BCUT2D eigenvalue weighted by molar-refractivity contribution is 0.0945. The van der Waals surface area contributed by atoms with Crippen LogP contribution >= 0.6 is 0 Å². The van der Waals surface area contributed by atoms with Gasteiger partial charge in [-0.05, 0) is 30.7 Å². The van der Waals surface area contributed by atoms with Crippen LogP contribution in [0, 0.1) is 6.92 Å². The first kappa shape index (κ1) is 14.5. The van der Waals surface area contributed by atoms with Gasteiger partial charge >= 0.3 is 0 Å². The van der Waals surface area contributed by atoms with E-state index in [4.69, 9.17) is 10.9 Å². The number of aromatic nitrogens is 1. The van der Waals surface area contributed by atoms with Crippen molar-refractivity contribution in [2.24, 2.45) is 10.9 Å². The molecule has 6 heteroatoms. The summed E-state index contributed by atoms with van der Waals surface area (Å²) in [5, 5.41) is 14.4. The highest BCUT2D eigenvalue weighted by molar-refractivity contribution is 5.97. The van der Waals surface area contributed by atoms with Crippen LogP contribution in [-0.2, 0) is 6.54 Å². The Bertz CT molecular complexity index is 683. The molecule has 0 fully saturated rings. The molecule has 0 aliphatic rings. The molecule has 0 saturated carbocycles. The lowest BCUT2D eigenvalue weighted by atomic mass is 10.1. The quantitative estimate of drug-likeness (QED) is 0.342. The number of oxime groups is 1. The molecule has 6 nitrogen and oxygen atoms in total. The van der Waals surface area contributed by atoms with Crippen molar-refractivity contribution in [3.63, 3.8) is 0 Å². The lowest BCUT2D eigenvalue weighted by Gasteiger charge is -2.07. The number of benzene rings is 1. The van der Waals surface area contributed by atoms with Gasteiger partial charge in [0.15, 0.2) is 5.84 Å². The summed E-state index contributed by atoms with van der Waals surface area (Å²) in [5.74, 6) is -0.212. The first-order valence-corrected chi connectivity index (χ1v) is 6.39. The number of carbonyl (C=O) groups excluding carboxylic acids is 1. The Morgan fingerprint density at radius 3 is 2.81 bits per heavy atom. The Kier molecular flexibility index (Phi) is 4.50. The van der Waals surface area contributed by atoms with Gasteiger partial charge in [0.25, 0.3) is 5.91 Å². The van der Waals surface area contributed by atoms with Crippen molar-refractivity contribution in [3.8, 4) is 0 Å². The van der Waals surface area contributed by atoms with E-state index in [9.17, 15) is 4.79 Å². The number of aryl methyl sites for hydroxylation is 1. The van der Waals surface area contributed by atoms with Crippen LogP contribution in [0.5, 0.6) is 0 Å². The zero-order valence-corrected chi connectivity index (χ0v) is 11.6. The smallest absolute Gasteiger partial charge is 0.270 e. The number of nitrogens with zero attached hydrogens (tertiary/aromatic N) is 2. The predicted molar refractivity (Wildman–Crippen MR) is 79.1 cm³/mol. The molecule has 1 aromatic carbocycles. The Hall–Kier alpha value is -2.89. The standard InChI is InChI=1S/C15H16N4O2/c1-10-4-2-7-13(18-10)15(20)17-9-11-5-3-6-12(8-11)14(16)19-21/h2-8,21H,9H2,1H3,(H2,16,19)(H,17,20). The summed E-state index contributed by atoms with van der Waals surface area (Å²) in [5.41, 5.74) is 8.14. The highest BCUT2D eigenvalue weighted by Gasteiger charge is 2.07. The number of hydrogen-bond donors (Lipinski definition) is 3. The van der Waals surface area contributed by atoms with E-state index < -0.39 is 0 Å². The van der Waals surface area contributed by atoms with E-state index in [-0.39, 0.29) is 11.7 Å². The molecule has 2 aromatic rings. The van der Waals surface area contributed by atoms with E-state index in [2.05, 4.69) is 15.5 Å². The average Bonchev–Trinajstić information content (AvgIpc) is 2.52. The summed E-state index contributed by atoms with van der Waals surface area (Å²) >= 11 is 0. The maximum Gasteiger partial charge on any atom is 0.270 e. The monoisotopic (exact) mass is 284 g/mol. The molecule has 0 bridgehead atoms. The van der Waals surface area contributed by atoms with Crippen molar-refractivity contribution in [1.82, 2.24) is 10.3 Å². The first-order valence-electron chi connectivity index (χ1n) is 6.39. The maximum atomic E-state index is 12.0. The van der Waals surface area contributed by atoms with Crippen LogP contribution in [0.15, 0.2) is 47.6 Å². The number of rotatable bonds is 4. The molecule has 0 radical (unpaired) electrons. The second kappa shape index (κ2) is 6.51. The minimum atomic E-state index is -0.243. The van der Waals surface area contributed by atoms with Gasteiger partial charge in [0.05, 0.1) is 0 Å². The van der Waals surface area contributed by atoms with Crippen molar-refractivity contribution < 1.29 is 10.0 Å². The molecule has 108 valence electrons. The fraction of sp³-hybridized carbons (Fsp3) is 0.133. The molecular weight excluding hydrogens is 268 g/mol.